The van der Waals surface area contributed by atoms with Crippen molar-refractivity contribution in [2.75, 3.05) is 31.4 Å². The molecule has 0 radical (unpaired) electrons. The van der Waals surface area contributed by atoms with Gasteiger partial charge in [-0.15, -0.1) is 11.8 Å². The van der Waals surface area contributed by atoms with E-state index >= 15 is 0 Å². The van der Waals surface area contributed by atoms with Gasteiger partial charge in [0.15, 0.2) is 0 Å². The van der Waals surface area contributed by atoms with E-state index in [1.165, 1.54) is 12.8 Å². The fourth-order valence-electron chi connectivity index (χ4n) is 3.12. The Morgan fingerprint density at radius 2 is 1.74 bits per heavy atom. The first-order valence-corrected chi connectivity index (χ1v) is 12.3. The molecule has 2 aromatic rings. The zero-order chi connectivity index (χ0) is 22.9. The zero-order valence-corrected chi connectivity index (χ0v) is 20.5. The van der Waals surface area contributed by atoms with Crippen molar-refractivity contribution in [2.45, 2.75) is 70.6 Å². The van der Waals surface area contributed by atoms with E-state index in [2.05, 4.69) is 0 Å². The lowest BCUT2D eigenvalue weighted by Crippen LogP contribution is -2.26. The number of carbonyl (C=O) groups excluding carboxylic acids is 1. The fraction of sp³-hybridized carbons (Fsp3) is 0.600. The molecule has 0 aliphatic rings. The van der Waals surface area contributed by atoms with Crippen LogP contribution in [0.15, 0.2) is 38.4 Å². The molecule has 0 atom stereocenters. The molecule has 172 valence electrons. The van der Waals surface area contributed by atoms with Crippen LogP contribution >= 0.6 is 11.8 Å². The van der Waals surface area contributed by atoms with Crippen LogP contribution in [0, 0.1) is 5.41 Å². The maximum absolute atomic E-state index is 11.9. The number of ether oxygens (including phenoxy) is 1. The van der Waals surface area contributed by atoms with Gasteiger partial charge in [0.1, 0.15) is 5.58 Å². The molecule has 0 saturated carbocycles. The molecule has 2 rings (SSSR count). The van der Waals surface area contributed by atoms with E-state index in [1.807, 2.05) is 58.0 Å². The van der Waals surface area contributed by atoms with Crippen LogP contribution in [0.4, 0.5) is 5.69 Å². The molecule has 5 nitrogen and oxygen atoms in total. The first-order valence-electron chi connectivity index (χ1n) is 11.3. The maximum atomic E-state index is 11.9. The second-order valence-electron chi connectivity index (χ2n) is 8.85. The number of esters is 1. The molecule has 0 spiro atoms. The minimum atomic E-state index is -0.378. The van der Waals surface area contributed by atoms with Gasteiger partial charge in [-0.25, -0.2) is 4.79 Å². The van der Waals surface area contributed by atoms with E-state index < -0.39 is 0 Å². The van der Waals surface area contributed by atoms with Crippen LogP contribution in [-0.2, 0) is 9.53 Å². The number of benzene rings is 1. The van der Waals surface area contributed by atoms with E-state index in [4.69, 9.17) is 9.15 Å². The number of fused-ring (bicyclic) bond motifs is 1. The molecule has 0 N–H and O–H groups in total. The van der Waals surface area contributed by atoms with Crippen molar-refractivity contribution in [2.24, 2.45) is 5.41 Å². The van der Waals surface area contributed by atoms with Crippen LogP contribution in [0.25, 0.3) is 11.0 Å². The first-order chi connectivity index (χ1) is 14.7. The molecule has 1 aromatic heterocycles. The van der Waals surface area contributed by atoms with Gasteiger partial charge in [-0.05, 0) is 51.0 Å². The molecule has 0 amide bonds. The van der Waals surface area contributed by atoms with Gasteiger partial charge in [-0.2, -0.15) is 0 Å². The summed E-state index contributed by atoms with van der Waals surface area (Å²) in [5, 5.41) is 0.996. The number of hydrogen-bond donors (Lipinski definition) is 0. The first kappa shape index (κ1) is 25.3. The van der Waals surface area contributed by atoms with Gasteiger partial charge < -0.3 is 14.1 Å². The van der Waals surface area contributed by atoms with E-state index in [1.54, 1.807) is 17.8 Å². The highest BCUT2D eigenvalue weighted by Crippen LogP contribution is 2.29. The lowest BCUT2D eigenvalue weighted by atomic mass is 9.91. The fourth-order valence-corrected chi connectivity index (χ4v) is 4.19. The molecule has 6 heteroatoms. The Bertz CT molecular complexity index is 904. The van der Waals surface area contributed by atoms with Gasteiger partial charge in [0.25, 0.3) is 0 Å². The average Bonchev–Trinajstić information content (AvgIpc) is 2.73. The monoisotopic (exact) mass is 447 g/mol. The molecule has 0 aliphatic heterocycles. The van der Waals surface area contributed by atoms with Crippen LogP contribution in [0.3, 0.4) is 0 Å². The minimum Gasteiger partial charge on any atom is -0.465 e. The molecule has 0 unspecified atom stereocenters. The summed E-state index contributed by atoms with van der Waals surface area (Å²) in [7, 11) is 3.94. The summed E-state index contributed by atoms with van der Waals surface area (Å²) in [5.74, 6) is 0.893. The molecule has 31 heavy (non-hydrogen) atoms. The summed E-state index contributed by atoms with van der Waals surface area (Å²) in [6.07, 6.45) is 7.43. The van der Waals surface area contributed by atoms with Crippen LogP contribution in [0.1, 0.15) is 65.7 Å². The highest BCUT2D eigenvalue weighted by molar-refractivity contribution is 7.99. The van der Waals surface area contributed by atoms with Gasteiger partial charge in [-0.1, -0.05) is 32.6 Å². The van der Waals surface area contributed by atoms with Crippen LogP contribution in [0.5, 0.6) is 0 Å². The third-order valence-electron chi connectivity index (χ3n) is 5.67. The normalized spacial score (nSPS) is 11.6. The minimum absolute atomic E-state index is 0.0903. The van der Waals surface area contributed by atoms with Crippen molar-refractivity contribution in [3.8, 4) is 0 Å². The Kier molecular flexibility index (Phi) is 9.94. The van der Waals surface area contributed by atoms with Gasteiger partial charge in [0, 0.05) is 42.2 Å². The summed E-state index contributed by atoms with van der Waals surface area (Å²) in [5.41, 5.74) is 0.983. The molecule has 0 fully saturated rings. The van der Waals surface area contributed by atoms with E-state index in [9.17, 15) is 9.59 Å². The molecule has 1 aromatic carbocycles. The molecular formula is C25H37NO4S. The van der Waals surface area contributed by atoms with Gasteiger partial charge in [0.2, 0.25) is 0 Å². The molecule has 0 bridgehead atoms. The van der Waals surface area contributed by atoms with E-state index in [0.717, 1.165) is 53.8 Å². The van der Waals surface area contributed by atoms with Crippen molar-refractivity contribution < 1.29 is 13.9 Å². The van der Waals surface area contributed by atoms with Crippen LogP contribution in [-0.4, -0.2) is 32.4 Å². The Labute approximate surface area is 190 Å². The van der Waals surface area contributed by atoms with Crippen molar-refractivity contribution >= 4 is 34.4 Å². The number of thioether (sulfide) groups is 1. The summed E-state index contributed by atoms with van der Waals surface area (Å²) < 4.78 is 10.8. The number of anilines is 1. The number of nitrogens with zero attached hydrogens (tertiary/aromatic N) is 1. The second-order valence-corrected chi connectivity index (χ2v) is 9.98. The summed E-state index contributed by atoms with van der Waals surface area (Å²) in [6.45, 7) is 6.39. The summed E-state index contributed by atoms with van der Waals surface area (Å²) in [4.78, 5) is 26.8. The van der Waals surface area contributed by atoms with E-state index in [-0.39, 0.29) is 17.0 Å². The number of rotatable bonds is 13. The van der Waals surface area contributed by atoms with Gasteiger partial charge in [0.05, 0.1) is 12.0 Å². The topological polar surface area (TPSA) is 59.8 Å². The quantitative estimate of drug-likeness (QED) is 0.156. The Balaban J connectivity index is 1.66. The third kappa shape index (κ3) is 7.91. The molecule has 1 heterocycles. The third-order valence-corrected chi connectivity index (χ3v) is 6.81. The average molecular weight is 448 g/mol. The zero-order valence-electron chi connectivity index (χ0n) is 19.7. The van der Waals surface area contributed by atoms with Crippen molar-refractivity contribution in [3.05, 3.63) is 34.7 Å². The van der Waals surface area contributed by atoms with E-state index in [0.29, 0.717) is 12.2 Å². The van der Waals surface area contributed by atoms with Crippen LogP contribution in [0.2, 0.25) is 0 Å². The number of unbranched alkanes of at least 4 members (excludes halogenated alkanes) is 5. The summed E-state index contributed by atoms with van der Waals surface area (Å²) >= 11 is 1.73. The Hall–Kier alpha value is -1.95. The molecule has 0 saturated heterocycles. The van der Waals surface area contributed by atoms with Crippen molar-refractivity contribution in [3.63, 3.8) is 0 Å². The predicted molar refractivity (Wildman–Crippen MR) is 130 cm³/mol. The Morgan fingerprint density at radius 3 is 2.42 bits per heavy atom. The smallest absolute Gasteiger partial charge is 0.337 e. The Morgan fingerprint density at radius 1 is 1.06 bits per heavy atom. The van der Waals surface area contributed by atoms with Gasteiger partial charge >= 0.3 is 11.6 Å². The highest BCUT2D eigenvalue weighted by atomic mass is 32.2. The summed E-state index contributed by atoms with van der Waals surface area (Å²) in [6, 6.07) is 7.60. The predicted octanol–water partition coefficient (Wildman–Crippen LogP) is 6.27. The largest absolute Gasteiger partial charge is 0.465 e. The highest BCUT2D eigenvalue weighted by Gasteiger charge is 2.26. The SMILES string of the molecule is CCC(C)(C)C(=O)OCCCCCCCCSc1cc(=O)oc2cc(N(C)C)ccc12. The standard InChI is InChI=1S/C25H37NO4S/c1-6-25(2,3)24(28)29-15-11-9-7-8-10-12-16-31-22-18-23(27)30-21-17-19(26(4)5)13-14-20(21)22/h13-14,17-18H,6-12,15-16H2,1-5H3. The second kappa shape index (κ2) is 12.2. The van der Waals surface area contributed by atoms with Crippen molar-refractivity contribution in [1.82, 2.24) is 0 Å². The number of carbonyl (C=O) groups is 1. The molecule has 0 aliphatic carbocycles. The maximum Gasteiger partial charge on any atom is 0.337 e. The molecular weight excluding hydrogens is 410 g/mol. The van der Waals surface area contributed by atoms with Crippen molar-refractivity contribution in [1.29, 1.82) is 0 Å². The number of hydrogen-bond acceptors (Lipinski definition) is 6. The lowest BCUT2D eigenvalue weighted by Gasteiger charge is -2.20. The lowest BCUT2D eigenvalue weighted by molar-refractivity contribution is -0.154. The van der Waals surface area contributed by atoms with Crippen LogP contribution < -0.4 is 10.5 Å². The van der Waals surface area contributed by atoms with Gasteiger partial charge in [-0.3, -0.25) is 4.79 Å².